The van der Waals surface area contributed by atoms with Gasteiger partial charge < -0.3 is 15.5 Å². The number of nitrogen functional groups attached to an aromatic ring is 1. The molecule has 0 aliphatic heterocycles. The number of rotatable bonds is 3. The monoisotopic (exact) mass is 251 g/mol. The number of aromatic nitrogens is 1. The molecule has 0 aliphatic carbocycles. The largest absolute Gasteiger partial charge is 0.444 e. The summed E-state index contributed by atoms with van der Waals surface area (Å²) in [7, 11) is 0. The first kappa shape index (κ1) is 11.7. The third-order valence-electron chi connectivity index (χ3n) is 2.25. The molecule has 0 unspecified atom stereocenters. The number of nitrogens with two attached hydrogens (primary N) is 1. The van der Waals surface area contributed by atoms with Crippen molar-refractivity contribution in [2.45, 2.75) is 20.4 Å². The summed E-state index contributed by atoms with van der Waals surface area (Å²) in [6.45, 7) is 3.97. The molecule has 0 bridgehead atoms. The van der Waals surface area contributed by atoms with E-state index in [1.165, 1.54) is 11.3 Å². The second kappa shape index (κ2) is 4.58. The van der Waals surface area contributed by atoms with E-state index in [4.69, 9.17) is 10.2 Å². The van der Waals surface area contributed by atoms with E-state index in [2.05, 4.69) is 10.3 Å². The molecule has 3 N–H and O–H groups in total. The Hall–Kier alpha value is -1.82. The van der Waals surface area contributed by atoms with Crippen molar-refractivity contribution in [1.82, 2.24) is 10.3 Å². The van der Waals surface area contributed by atoms with Crippen molar-refractivity contribution in [2.75, 3.05) is 5.73 Å². The number of hydrogen-bond acceptors (Lipinski definition) is 5. The van der Waals surface area contributed by atoms with E-state index in [-0.39, 0.29) is 12.5 Å². The Bertz CT molecular complexity index is 525. The SMILES string of the molecule is Cc1cnc(CNC(=O)c2cc(N)c(C)s2)o1. The van der Waals surface area contributed by atoms with Crippen molar-refractivity contribution in [2.24, 2.45) is 0 Å². The van der Waals surface area contributed by atoms with Gasteiger partial charge in [-0.1, -0.05) is 0 Å². The van der Waals surface area contributed by atoms with Gasteiger partial charge in [0.1, 0.15) is 5.76 Å². The summed E-state index contributed by atoms with van der Waals surface area (Å²) in [5, 5.41) is 2.73. The number of carbonyl (C=O) groups excluding carboxylic acids is 1. The lowest BCUT2D eigenvalue weighted by Gasteiger charge is -1.99. The Morgan fingerprint density at radius 1 is 1.59 bits per heavy atom. The Morgan fingerprint density at radius 2 is 2.35 bits per heavy atom. The van der Waals surface area contributed by atoms with Crippen molar-refractivity contribution in [3.05, 3.63) is 33.7 Å². The van der Waals surface area contributed by atoms with Gasteiger partial charge in [0, 0.05) is 10.6 Å². The average molecular weight is 251 g/mol. The van der Waals surface area contributed by atoms with Crippen LogP contribution in [0.25, 0.3) is 0 Å². The van der Waals surface area contributed by atoms with Gasteiger partial charge in [-0.05, 0) is 19.9 Å². The average Bonchev–Trinajstić information content (AvgIpc) is 2.83. The lowest BCUT2D eigenvalue weighted by Crippen LogP contribution is -2.21. The fourth-order valence-electron chi connectivity index (χ4n) is 1.33. The molecule has 0 saturated carbocycles. The summed E-state index contributed by atoms with van der Waals surface area (Å²) in [5.41, 5.74) is 6.33. The van der Waals surface area contributed by atoms with Gasteiger partial charge in [-0.2, -0.15) is 0 Å². The minimum absolute atomic E-state index is 0.161. The van der Waals surface area contributed by atoms with E-state index in [1.54, 1.807) is 12.3 Å². The molecule has 0 atom stereocenters. The van der Waals surface area contributed by atoms with Crippen LogP contribution < -0.4 is 11.1 Å². The normalized spacial score (nSPS) is 10.5. The quantitative estimate of drug-likeness (QED) is 0.872. The van der Waals surface area contributed by atoms with E-state index in [1.807, 2.05) is 13.8 Å². The van der Waals surface area contributed by atoms with Gasteiger partial charge in [0.25, 0.3) is 5.91 Å². The van der Waals surface area contributed by atoms with Gasteiger partial charge in [-0.15, -0.1) is 11.3 Å². The fourth-order valence-corrected chi connectivity index (χ4v) is 2.19. The molecule has 2 aromatic rings. The first-order chi connectivity index (χ1) is 8.06. The van der Waals surface area contributed by atoms with E-state index in [0.717, 1.165) is 10.6 Å². The van der Waals surface area contributed by atoms with Crippen molar-refractivity contribution in [3.63, 3.8) is 0 Å². The Labute approximate surface area is 103 Å². The predicted molar refractivity (Wildman–Crippen MR) is 65.9 cm³/mol. The van der Waals surface area contributed by atoms with Gasteiger partial charge in [0.05, 0.1) is 17.6 Å². The first-order valence-corrected chi connectivity index (χ1v) is 5.93. The molecule has 90 valence electrons. The van der Waals surface area contributed by atoms with Crippen LogP contribution in [0, 0.1) is 13.8 Å². The Balaban J connectivity index is 1.98. The van der Waals surface area contributed by atoms with Gasteiger partial charge in [0.15, 0.2) is 0 Å². The third-order valence-corrected chi connectivity index (χ3v) is 3.31. The van der Waals surface area contributed by atoms with Crippen LogP contribution in [0.2, 0.25) is 0 Å². The van der Waals surface area contributed by atoms with Crippen LogP contribution in [0.1, 0.15) is 26.2 Å². The summed E-state index contributed by atoms with van der Waals surface area (Å²) in [6, 6.07) is 1.68. The molecule has 0 aromatic carbocycles. The van der Waals surface area contributed by atoms with Crippen LogP contribution in [-0.4, -0.2) is 10.9 Å². The highest BCUT2D eigenvalue weighted by molar-refractivity contribution is 7.14. The molecule has 2 rings (SSSR count). The fraction of sp³-hybridized carbons (Fsp3) is 0.273. The standard InChI is InChI=1S/C11H13N3O2S/c1-6-4-13-10(16-6)5-14-11(15)9-3-8(12)7(2)17-9/h3-4H,5,12H2,1-2H3,(H,14,15). The zero-order valence-corrected chi connectivity index (χ0v) is 10.4. The van der Waals surface area contributed by atoms with Crippen molar-refractivity contribution >= 4 is 22.9 Å². The van der Waals surface area contributed by atoms with E-state index >= 15 is 0 Å². The van der Waals surface area contributed by atoms with Crippen LogP contribution in [0.4, 0.5) is 5.69 Å². The highest BCUT2D eigenvalue weighted by Gasteiger charge is 2.11. The zero-order valence-electron chi connectivity index (χ0n) is 9.61. The lowest BCUT2D eigenvalue weighted by atomic mass is 10.3. The second-order valence-corrected chi connectivity index (χ2v) is 4.93. The van der Waals surface area contributed by atoms with Crippen LogP contribution in [0.5, 0.6) is 0 Å². The molecule has 2 aromatic heterocycles. The molecule has 0 spiro atoms. The first-order valence-electron chi connectivity index (χ1n) is 5.11. The Morgan fingerprint density at radius 3 is 2.88 bits per heavy atom. The van der Waals surface area contributed by atoms with Crippen LogP contribution in [0.3, 0.4) is 0 Å². The summed E-state index contributed by atoms with van der Waals surface area (Å²) in [4.78, 5) is 17.3. The van der Waals surface area contributed by atoms with Crippen LogP contribution >= 0.6 is 11.3 Å². The van der Waals surface area contributed by atoms with Gasteiger partial charge in [-0.25, -0.2) is 4.98 Å². The molecule has 0 aliphatic rings. The smallest absolute Gasteiger partial charge is 0.261 e. The minimum Gasteiger partial charge on any atom is -0.444 e. The number of thiophene rings is 1. The zero-order chi connectivity index (χ0) is 12.4. The maximum atomic E-state index is 11.8. The third kappa shape index (κ3) is 2.65. The summed E-state index contributed by atoms with van der Waals surface area (Å²) in [5.74, 6) is 1.06. The van der Waals surface area contributed by atoms with Gasteiger partial charge in [-0.3, -0.25) is 4.79 Å². The number of nitrogens with zero attached hydrogens (tertiary/aromatic N) is 1. The summed E-state index contributed by atoms with van der Waals surface area (Å²) >= 11 is 1.37. The molecule has 2 heterocycles. The topological polar surface area (TPSA) is 81.2 Å². The number of anilines is 1. The maximum Gasteiger partial charge on any atom is 0.261 e. The predicted octanol–water partition coefficient (Wildman–Crippen LogP) is 1.87. The molecular weight excluding hydrogens is 238 g/mol. The van der Waals surface area contributed by atoms with Crippen LogP contribution in [-0.2, 0) is 6.54 Å². The molecular formula is C11H13N3O2S. The van der Waals surface area contributed by atoms with Gasteiger partial charge >= 0.3 is 0 Å². The molecule has 1 amide bonds. The van der Waals surface area contributed by atoms with Crippen molar-refractivity contribution < 1.29 is 9.21 Å². The summed E-state index contributed by atoms with van der Waals surface area (Å²) < 4.78 is 5.25. The highest BCUT2D eigenvalue weighted by atomic mass is 32.1. The lowest BCUT2D eigenvalue weighted by molar-refractivity contribution is 0.0951. The number of oxazole rings is 1. The molecule has 0 radical (unpaired) electrons. The number of carbonyl (C=O) groups is 1. The van der Waals surface area contributed by atoms with Crippen molar-refractivity contribution in [1.29, 1.82) is 0 Å². The second-order valence-electron chi connectivity index (χ2n) is 3.67. The van der Waals surface area contributed by atoms with E-state index in [0.29, 0.717) is 16.5 Å². The maximum absolute atomic E-state index is 11.8. The van der Waals surface area contributed by atoms with Crippen molar-refractivity contribution in [3.8, 4) is 0 Å². The summed E-state index contributed by atoms with van der Waals surface area (Å²) in [6.07, 6.45) is 1.62. The molecule has 6 heteroatoms. The molecule has 0 saturated heterocycles. The van der Waals surface area contributed by atoms with E-state index < -0.39 is 0 Å². The number of nitrogens with one attached hydrogen (secondary N) is 1. The highest BCUT2D eigenvalue weighted by Crippen LogP contribution is 2.23. The molecule has 0 fully saturated rings. The van der Waals surface area contributed by atoms with Gasteiger partial charge in [0.2, 0.25) is 5.89 Å². The molecule has 17 heavy (non-hydrogen) atoms. The number of amides is 1. The Kier molecular flexibility index (Phi) is 3.14. The number of aryl methyl sites for hydroxylation is 2. The number of hydrogen-bond donors (Lipinski definition) is 2. The van der Waals surface area contributed by atoms with Crippen LogP contribution in [0.15, 0.2) is 16.7 Å². The van der Waals surface area contributed by atoms with E-state index in [9.17, 15) is 4.79 Å². The molecule has 5 nitrogen and oxygen atoms in total. The minimum atomic E-state index is -0.161.